The Morgan fingerprint density at radius 2 is 2.00 bits per heavy atom. The number of hydrogen-bond acceptors (Lipinski definition) is 2. The zero-order valence-corrected chi connectivity index (χ0v) is 8.26. The van der Waals surface area contributed by atoms with Crippen LogP contribution in [0.1, 0.15) is 39.5 Å². The maximum absolute atomic E-state index is 10.7. The minimum absolute atomic E-state index is 0.0610. The van der Waals surface area contributed by atoms with E-state index in [2.05, 4.69) is 5.32 Å². The number of carbonyl (C=O) groups excluding carboxylic acids is 1. The topological polar surface area (TPSA) is 49.3 Å². The molecule has 0 radical (unpaired) electrons. The van der Waals surface area contributed by atoms with Gasteiger partial charge in [0, 0.05) is 13.0 Å². The molecule has 2 rings (SSSR count). The quantitative estimate of drug-likeness (QED) is 0.632. The molecule has 3 heteroatoms. The normalized spacial score (nSPS) is 48.1. The van der Waals surface area contributed by atoms with E-state index in [1.807, 2.05) is 6.92 Å². The van der Waals surface area contributed by atoms with Crippen LogP contribution in [0.5, 0.6) is 0 Å². The minimum atomic E-state index is -0.429. The Morgan fingerprint density at radius 1 is 1.46 bits per heavy atom. The van der Waals surface area contributed by atoms with E-state index in [0.29, 0.717) is 11.5 Å². The van der Waals surface area contributed by atoms with Crippen molar-refractivity contribution in [1.29, 1.82) is 0 Å². The lowest BCUT2D eigenvalue weighted by Gasteiger charge is -2.60. The summed E-state index contributed by atoms with van der Waals surface area (Å²) in [6, 6.07) is 0.369. The van der Waals surface area contributed by atoms with Crippen molar-refractivity contribution >= 4 is 5.91 Å². The fourth-order valence-electron chi connectivity index (χ4n) is 3.23. The SMILES string of the molecule is CC(=O)NC1CC2(C1)CC(C)(O)C2. The number of carbonyl (C=O) groups is 1. The van der Waals surface area contributed by atoms with Gasteiger partial charge in [-0.2, -0.15) is 0 Å². The first-order valence-electron chi connectivity index (χ1n) is 4.90. The van der Waals surface area contributed by atoms with Crippen molar-refractivity contribution in [2.24, 2.45) is 5.41 Å². The van der Waals surface area contributed by atoms with E-state index in [-0.39, 0.29) is 5.91 Å². The van der Waals surface area contributed by atoms with Gasteiger partial charge in [-0.15, -0.1) is 0 Å². The Balaban J connectivity index is 1.77. The van der Waals surface area contributed by atoms with E-state index in [1.165, 1.54) is 0 Å². The number of aliphatic hydroxyl groups is 1. The fourth-order valence-corrected chi connectivity index (χ4v) is 3.23. The van der Waals surface area contributed by atoms with E-state index in [9.17, 15) is 9.90 Å². The second-order valence-corrected chi connectivity index (χ2v) is 5.16. The van der Waals surface area contributed by atoms with Crippen LogP contribution in [0.15, 0.2) is 0 Å². The van der Waals surface area contributed by atoms with Gasteiger partial charge in [-0.25, -0.2) is 0 Å². The number of rotatable bonds is 1. The lowest BCUT2D eigenvalue weighted by Crippen LogP contribution is -2.61. The summed E-state index contributed by atoms with van der Waals surface area (Å²) in [7, 11) is 0. The molecule has 0 heterocycles. The highest BCUT2D eigenvalue weighted by atomic mass is 16.3. The smallest absolute Gasteiger partial charge is 0.217 e. The van der Waals surface area contributed by atoms with Gasteiger partial charge in [0.2, 0.25) is 5.91 Å². The van der Waals surface area contributed by atoms with Crippen LogP contribution in [-0.2, 0) is 4.79 Å². The molecule has 1 amide bonds. The van der Waals surface area contributed by atoms with Gasteiger partial charge in [0.25, 0.3) is 0 Å². The average molecular weight is 183 g/mol. The molecule has 0 saturated heterocycles. The second kappa shape index (κ2) is 2.47. The van der Waals surface area contributed by atoms with Crippen molar-refractivity contribution in [1.82, 2.24) is 5.32 Å². The molecule has 13 heavy (non-hydrogen) atoms. The third-order valence-electron chi connectivity index (χ3n) is 3.28. The van der Waals surface area contributed by atoms with Gasteiger partial charge in [-0.1, -0.05) is 0 Å². The van der Waals surface area contributed by atoms with Crippen LogP contribution < -0.4 is 5.32 Å². The van der Waals surface area contributed by atoms with Gasteiger partial charge in [-0.3, -0.25) is 4.79 Å². The largest absolute Gasteiger partial charge is 0.390 e. The Labute approximate surface area is 78.5 Å². The summed E-state index contributed by atoms with van der Waals surface area (Å²) in [5.74, 6) is 0.0610. The van der Waals surface area contributed by atoms with Gasteiger partial charge in [-0.05, 0) is 38.0 Å². The first-order valence-corrected chi connectivity index (χ1v) is 4.90. The number of amides is 1. The molecule has 2 aliphatic carbocycles. The summed E-state index contributed by atoms with van der Waals surface area (Å²) in [5.41, 5.74) is -0.0577. The Kier molecular flexibility index (Phi) is 1.71. The summed E-state index contributed by atoms with van der Waals surface area (Å²) >= 11 is 0. The summed E-state index contributed by atoms with van der Waals surface area (Å²) < 4.78 is 0. The number of hydrogen-bond donors (Lipinski definition) is 2. The first-order chi connectivity index (χ1) is 5.91. The van der Waals surface area contributed by atoms with Crippen LogP contribution in [0.3, 0.4) is 0 Å². The second-order valence-electron chi connectivity index (χ2n) is 5.16. The Bertz CT molecular complexity index is 231. The summed E-state index contributed by atoms with van der Waals surface area (Å²) in [6.45, 7) is 3.45. The van der Waals surface area contributed by atoms with E-state index in [1.54, 1.807) is 6.92 Å². The zero-order chi connectivity index (χ0) is 9.69. The highest BCUT2D eigenvalue weighted by Crippen LogP contribution is 2.60. The molecule has 2 aliphatic rings. The summed E-state index contributed by atoms with van der Waals surface area (Å²) in [5, 5.41) is 12.5. The maximum atomic E-state index is 10.7. The third-order valence-corrected chi connectivity index (χ3v) is 3.28. The van der Waals surface area contributed by atoms with Crippen LogP contribution in [-0.4, -0.2) is 22.7 Å². The van der Waals surface area contributed by atoms with Crippen LogP contribution in [0.2, 0.25) is 0 Å². The molecule has 1 spiro atoms. The van der Waals surface area contributed by atoms with Gasteiger partial charge in [0.15, 0.2) is 0 Å². The molecular weight excluding hydrogens is 166 g/mol. The monoisotopic (exact) mass is 183 g/mol. The summed E-state index contributed by atoms with van der Waals surface area (Å²) in [4.78, 5) is 10.7. The Morgan fingerprint density at radius 3 is 2.38 bits per heavy atom. The third kappa shape index (κ3) is 1.57. The molecule has 2 N–H and O–H groups in total. The molecule has 2 saturated carbocycles. The highest BCUT2D eigenvalue weighted by molar-refractivity contribution is 5.73. The minimum Gasteiger partial charge on any atom is -0.390 e. The first kappa shape index (κ1) is 9.00. The predicted octanol–water partition coefficient (Wildman–Crippen LogP) is 0.816. The van der Waals surface area contributed by atoms with Gasteiger partial charge in [0.1, 0.15) is 0 Å². The molecule has 2 fully saturated rings. The lowest BCUT2D eigenvalue weighted by atomic mass is 9.48. The maximum Gasteiger partial charge on any atom is 0.217 e. The molecule has 3 nitrogen and oxygen atoms in total. The van der Waals surface area contributed by atoms with Crippen molar-refractivity contribution in [3.05, 3.63) is 0 Å². The van der Waals surface area contributed by atoms with E-state index in [4.69, 9.17) is 0 Å². The van der Waals surface area contributed by atoms with Crippen LogP contribution in [0.4, 0.5) is 0 Å². The van der Waals surface area contributed by atoms with Gasteiger partial charge >= 0.3 is 0 Å². The number of nitrogens with one attached hydrogen (secondary N) is 1. The zero-order valence-electron chi connectivity index (χ0n) is 8.26. The molecule has 74 valence electrons. The van der Waals surface area contributed by atoms with Crippen molar-refractivity contribution in [2.45, 2.75) is 51.2 Å². The fraction of sp³-hybridized carbons (Fsp3) is 0.900. The van der Waals surface area contributed by atoms with Crippen molar-refractivity contribution in [2.75, 3.05) is 0 Å². The standard InChI is InChI=1S/C10H17NO2/c1-7(12)11-8-3-10(4-8)5-9(2,13)6-10/h8,13H,3-6H2,1-2H3,(H,11,12). The van der Waals surface area contributed by atoms with Crippen molar-refractivity contribution in [3.63, 3.8) is 0 Å². The van der Waals surface area contributed by atoms with Gasteiger partial charge < -0.3 is 10.4 Å². The molecule has 0 bridgehead atoms. The molecule has 0 aromatic heterocycles. The molecule has 0 unspecified atom stereocenters. The van der Waals surface area contributed by atoms with Gasteiger partial charge in [0.05, 0.1) is 5.60 Å². The van der Waals surface area contributed by atoms with Crippen LogP contribution in [0, 0.1) is 5.41 Å². The molecular formula is C10H17NO2. The molecule has 0 atom stereocenters. The van der Waals surface area contributed by atoms with Crippen molar-refractivity contribution < 1.29 is 9.90 Å². The van der Waals surface area contributed by atoms with E-state index < -0.39 is 5.60 Å². The van der Waals surface area contributed by atoms with E-state index >= 15 is 0 Å². The lowest BCUT2D eigenvalue weighted by molar-refractivity contribution is -0.162. The van der Waals surface area contributed by atoms with E-state index in [0.717, 1.165) is 25.7 Å². The molecule has 0 aromatic rings. The van der Waals surface area contributed by atoms with Crippen LogP contribution >= 0.6 is 0 Å². The summed E-state index contributed by atoms with van der Waals surface area (Å²) in [6.07, 6.45) is 3.94. The van der Waals surface area contributed by atoms with Crippen molar-refractivity contribution in [3.8, 4) is 0 Å². The predicted molar refractivity (Wildman–Crippen MR) is 49.1 cm³/mol. The Hall–Kier alpha value is -0.570. The molecule has 0 aromatic carbocycles. The van der Waals surface area contributed by atoms with Crippen LogP contribution in [0.25, 0.3) is 0 Å². The molecule has 0 aliphatic heterocycles. The highest BCUT2D eigenvalue weighted by Gasteiger charge is 2.57. The average Bonchev–Trinajstić information content (AvgIpc) is 1.77.